The van der Waals surface area contributed by atoms with E-state index >= 15 is 0 Å². The molecule has 1 aromatic carbocycles. The number of methoxy groups -OCH3 is 1. The summed E-state index contributed by atoms with van der Waals surface area (Å²) in [5, 5.41) is 10.1. The van der Waals surface area contributed by atoms with Gasteiger partial charge in [0.25, 0.3) is 0 Å². The lowest BCUT2D eigenvalue weighted by atomic mass is 9.87. The zero-order chi connectivity index (χ0) is 13.4. The number of rotatable bonds is 3. The Morgan fingerprint density at radius 2 is 1.76 bits per heavy atom. The van der Waals surface area contributed by atoms with Gasteiger partial charge in [0.2, 0.25) is 0 Å². The molecule has 1 aromatic rings. The van der Waals surface area contributed by atoms with Crippen molar-refractivity contribution in [2.24, 2.45) is 5.73 Å². The fourth-order valence-corrected chi connectivity index (χ4v) is 2.07. The van der Waals surface area contributed by atoms with Crippen molar-refractivity contribution >= 4 is 0 Å². The van der Waals surface area contributed by atoms with Gasteiger partial charge in [0.05, 0.1) is 18.8 Å². The zero-order valence-electron chi connectivity index (χ0n) is 11.6. The van der Waals surface area contributed by atoms with E-state index in [1.165, 1.54) is 5.56 Å². The summed E-state index contributed by atoms with van der Waals surface area (Å²) in [5.74, 6) is 0.789. The minimum absolute atomic E-state index is 0.461. The van der Waals surface area contributed by atoms with Crippen LogP contribution >= 0.6 is 0 Å². The van der Waals surface area contributed by atoms with Crippen molar-refractivity contribution in [1.82, 2.24) is 0 Å². The Morgan fingerprint density at radius 3 is 2.18 bits per heavy atom. The third-order valence-electron chi connectivity index (χ3n) is 3.31. The minimum atomic E-state index is -0.972. The number of ether oxygens (including phenoxy) is 1. The second-order valence-electron chi connectivity index (χ2n) is 5.21. The molecule has 0 aliphatic heterocycles. The van der Waals surface area contributed by atoms with Crippen LogP contribution in [0.25, 0.3) is 0 Å². The first-order valence-electron chi connectivity index (χ1n) is 5.82. The fourth-order valence-electron chi connectivity index (χ4n) is 2.07. The first-order valence-corrected chi connectivity index (χ1v) is 5.82. The van der Waals surface area contributed by atoms with Gasteiger partial charge in [-0.3, -0.25) is 0 Å². The molecule has 1 atom stereocenters. The first-order chi connectivity index (χ1) is 7.70. The Bertz CT molecular complexity index is 419. The Balaban J connectivity index is 3.47. The third kappa shape index (κ3) is 2.61. The highest BCUT2D eigenvalue weighted by atomic mass is 16.5. The van der Waals surface area contributed by atoms with E-state index in [1.807, 2.05) is 20.8 Å². The highest BCUT2D eigenvalue weighted by Crippen LogP contribution is 2.36. The average Bonchev–Trinajstić information content (AvgIpc) is 2.20. The molecular formula is C14H23NO2. The molecule has 0 aliphatic rings. The minimum Gasteiger partial charge on any atom is -0.496 e. The molecule has 0 aliphatic carbocycles. The van der Waals surface area contributed by atoms with Crippen LogP contribution < -0.4 is 10.5 Å². The molecule has 17 heavy (non-hydrogen) atoms. The van der Waals surface area contributed by atoms with Crippen LogP contribution in [0, 0.1) is 20.8 Å². The van der Waals surface area contributed by atoms with Crippen LogP contribution in [0.4, 0.5) is 0 Å². The van der Waals surface area contributed by atoms with Gasteiger partial charge in [0.15, 0.2) is 0 Å². The van der Waals surface area contributed by atoms with Crippen molar-refractivity contribution in [1.29, 1.82) is 0 Å². The van der Waals surface area contributed by atoms with Crippen molar-refractivity contribution in [3.8, 4) is 5.75 Å². The molecule has 0 saturated carbocycles. The normalized spacial score (nSPS) is 13.6. The second kappa shape index (κ2) is 4.67. The monoisotopic (exact) mass is 237 g/mol. The van der Waals surface area contributed by atoms with E-state index in [2.05, 4.69) is 6.07 Å². The molecule has 3 nitrogen and oxygen atoms in total. The lowest BCUT2D eigenvalue weighted by molar-refractivity contribution is 0.0506. The van der Waals surface area contributed by atoms with E-state index in [-0.39, 0.29) is 0 Å². The summed E-state index contributed by atoms with van der Waals surface area (Å²) >= 11 is 0. The number of hydrogen-bond acceptors (Lipinski definition) is 3. The Kier molecular flexibility index (Phi) is 3.84. The Hall–Kier alpha value is -1.06. The summed E-state index contributed by atoms with van der Waals surface area (Å²) in [5.41, 5.74) is 9.36. The predicted octanol–water partition coefficient (Wildman–Crippen LogP) is 2.39. The van der Waals surface area contributed by atoms with Gasteiger partial charge < -0.3 is 15.6 Å². The van der Waals surface area contributed by atoms with Gasteiger partial charge in [-0.05, 0) is 51.3 Å². The smallest absolute Gasteiger partial charge is 0.127 e. The van der Waals surface area contributed by atoms with Gasteiger partial charge in [0.1, 0.15) is 5.75 Å². The van der Waals surface area contributed by atoms with Gasteiger partial charge in [-0.15, -0.1) is 0 Å². The molecule has 0 heterocycles. The molecule has 0 spiro atoms. The topological polar surface area (TPSA) is 55.5 Å². The number of nitrogens with two attached hydrogens (primary N) is 1. The van der Waals surface area contributed by atoms with Crippen molar-refractivity contribution in [3.05, 3.63) is 28.3 Å². The lowest BCUT2D eigenvalue weighted by Crippen LogP contribution is -2.36. The highest BCUT2D eigenvalue weighted by molar-refractivity contribution is 5.51. The molecule has 0 aromatic heterocycles. The van der Waals surface area contributed by atoms with E-state index in [9.17, 15) is 5.11 Å². The Labute approximate surface area is 104 Å². The molecule has 0 fully saturated rings. The second-order valence-corrected chi connectivity index (χ2v) is 5.21. The molecule has 0 amide bonds. The maximum absolute atomic E-state index is 10.1. The van der Waals surface area contributed by atoms with Crippen molar-refractivity contribution < 1.29 is 9.84 Å². The highest BCUT2D eigenvalue weighted by Gasteiger charge is 2.29. The van der Waals surface area contributed by atoms with Crippen LogP contribution in [0.3, 0.4) is 0 Å². The third-order valence-corrected chi connectivity index (χ3v) is 3.31. The molecule has 0 radical (unpaired) electrons. The molecule has 1 unspecified atom stereocenters. The first kappa shape index (κ1) is 14.0. The van der Waals surface area contributed by atoms with E-state index in [0.29, 0.717) is 0 Å². The summed E-state index contributed by atoms with van der Waals surface area (Å²) in [6.45, 7) is 9.48. The summed E-state index contributed by atoms with van der Waals surface area (Å²) in [7, 11) is 1.64. The van der Waals surface area contributed by atoms with E-state index in [1.54, 1.807) is 21.0 Å². The van der Waals surface area contributed by atoms with Gasteiger partial charge >= 0.3 is 0 Å². The van der Waals surface area contributed by atoms with Crippen LogP contribution in [-0.2, 0) is 0 Å². The fraction of sp³-hybridized carbons (Fsp3) is 0.571. The summed E-state index contributed by atoms with van der Waals surface area (Å²) in [6, 6.07) is 1.62. The summed E-state index contributed by atoms with van der Waals surface area (Å²) in [6.07, 6.45) is 0. The standard InChI is InChI=1S/C14H23NO2/c1-8-7-9(2)11(12(17-6)10(8)3)13(15)14(4,5)16/h7,13,16H,15H2,1-6H3. The van der Waals surface area contributed by atoms with Crippen molar-refractivity contribution in [2.45, 2.75) is 46.3 Å². The van der Waals surface area contributed by atoms with E-state index in [0.717, 1.165) is 22.4 Å². The largest absolute Gasteiger partial charge is 0.496 e. The molecule has 96 valence electrons. The van der Waals surface area contributed by atoms with Crippen LogP contribution in [0.15, 0.2) is 6.07 Å². The molecule has 3 N–H and O–H groups in total. The van der Waals surface area contributed by atoms with Crippen LogP contribution in [-0.4, -0.2) is 17.8 Å². The van der Waals surface area contributed by atoms with Crippen molar-refractivity contribution in [2.75, 3.05) is 7.11 Å². The maximum Gasteiger partial charge on any atom is 0.127 e. The predicted molar refractivity (Wildman–Crippen MR) is 70.4 cm³/mol. The summed E-state index contributed by atoms with van der Waals surface area (Å²) in [4.78, 5) is 0. The van der Waals surface area contributed by atoms with Crippen molar-refractivity contribution in [3.63, 3.8) is 0 Å². The maximum atomic E-state index is 10.1. The number of hydrogen-bond donors (Lipinski definition) is 2. The molecule has 0 bridgehead atoms. The molecule has 0 saturated heterocycles. The Morgan fingerprint density at radius 1 is 1.24 bits per heavy atom. The van der Waals surface area contributed by atoms with Gasteiger partial charge in [0, 0.05) is 5.56 Å². The van der Waals surface area contributed by atoms with Gasteiger partial charge in [-0.1, -0.05) is 6.07 Å². The van der Waals surface area contributed by atoms with Gasteiger partial charge in [-0.2, -0.15) is 0 Å². The molecule has 3 heteroatoms. The van der Waals surface area contributed by atoms with E-state index in [4.69, 9.17) is 10.5 Å². The number of aliphatic hydroxyl groups is 1. The van der Waals surface area contributed by atoms with E-state index < -0.39 is 11.6 Å². The van der Waals surface area contributed by atoms with Gasteiger partial charge in [-0.25, -0.2) is 0 Å². The zero-order valence-corrected chi connectivity index (χ0v) is 11.6. The van der Waals surface area contributed by atoms with Crippen LogP contribution in [0.1, 0.15) is 42.1 Å². The lowest BCUT2D eigenvalue weighted by Gasteiger charge is -2.29. The molecular weight excluding hydrogens is 214 g/mol. The number of aryl methyl sites for hydroxylation is 2. The summed E-state index contributed by atoms with van der Waals surface area (Å²) < 4.78 is 5.46. The number of benzene rings is 1. The quantitative estimate of drug-likeness (QED) is 0.848. The van der Waals surface area contributed by atoms with Crippen LogP contribution in [0.5, 0.6) is 5.75 Å². The average molecular weight is 237 g/mol. The van der Waals surface area contributed by atoms with Crippen LogP contribution in [0.2, 0.25) is 0 Å². The SMILES string of the molecule is COc1c(C)c(C)cc(C)c1C(N)C(C)(C)O. The molecule has 1 rings (SSSR count).